The number of carbonyl (C=O) groups excluding carboxylic acids is 2. The second-order valence-corrected chi connectivity index (χ2v) is 4.85. The zero-order chi connectivity index (χ0) is 14.8. The topological polar surface area (TPSA) is 62.3 Å². The van der Waals surface area contributed by atoms with E-state index in [0.717, 1.165) is 16.9 Å². The van der Waals surface area contributed by atoms with Gasteiger partial charge >= 0.3 is 0 Å². The lowest BCUT2D eigenvalue weighted by molar-refractivity contribution is -0.115. The molecule has 106 valence electrons. The fourth-order valence-electron chi connectivity index (χ4n) is 2.47. The van der Waals surface area contributed by atoms with Crippen LogP contribution >= 0.6 is 0 Å². The van der Waals surface area contributed by atoms with Gasteiger partial charge < -0.3 is 10.2 Å². The molecule has 0 radical (unpaired) electrons. The van der Waals surface area contributed by atoms with Gasteiger partial charge in [0.2, 0.25) is 5.91 Å². The molecule has 0 spiro atoms. The first-order chi connectivity index (χ1) is 10.2. The third-order valence-electron chi connectivity index (χ3n) is 3.52. The third kappa shape index (κ3) is 2.50. The molecule has 3 rings (SSSR count). The molecule has 0 bridgehead atoms. The van der Waals surface area contributed by atoms with Gasteiger partial charge in [0.05, 0.1) is 6.42 Å². The molecule has 0 saturated heterocycles. The molecule has 0 atom stereocenters. The summed E-state index contributed by atoms with van der Waals surface area (Å²) in [6.45, 7) is 2.49. The zero-order valence-electron chi connectivity index (χ0n) is 11.7. The third-order valence-corrected chi connectivity index (χ3v) is 3.52. The van der Waals surface area contributed by atoms with Crippen LogP contribution in [0.15, 0.2) is 42.7 Å². The molecular weight excluding hydrogens is 266 g/mol. The average Bonchev–Trinajstić information content (AvgIpc) is 2.88. The number of carbonyl (C=O) groups is 2. The number of pyridine rings is 1. The van der Waals surface area contributed by atoms with E-state index in [0.29, 0.717) is 18.5 Å². The predicted octanol–water partition coefficient (Wildman–Crippen LogP) is 2.24. The number of rotatable bonds is 3. The molecule has 2 heterocycles. The van der Waals surface area contributed by atoms with Crippen molar-refractivity contribution in [3.8, 4) is 0 Å². The molecule has 0 fully saturated rings. The Morgan fingerprint density at radius 3 is 2.76 bits per heavy atom. The monoisotopic (exact) mass is 281 g/mol. The Morgan fingerprint density at radius 2 is 2.05 bits per heavy atom. The van der Waals surface area contributed by atoms with E-state index in [1.54, 1.807) is 41.6 Å². The van der Waals surface area contributed by atoms with Crippen LogP contribution in [-0.2, 0) is 11.2 Å². The van der Waals surface area contributed by atoms with Crippen molar-refractivity contribution >= 4 is 23.2 Å². The summed E-state index contributed by atoms with van der Waals surface area (Å²) in [5.74, 6) is -0.122. The number of anilines is 2. The smallest absolute Gasteiger partial charge is 0.258 e. The molecule has 1 aromatic heterocycles. The van der Waals surface area contributed by atoms with Crippen molar-refractivity contribution in [3.05, 3.63) is 53.9 Å². The number of amides is 2. The van der Waals surface area contributed by atoms with Crippen molar-refractivity contribution in [2.75, 3.05) is 16.8 Å². The summed E-state index contributed by atoms with van der Waals surface area (Å²) in [5.41, 5.74) is 3.04. The summed E-state index contributed by atoms with van der Waals surface area (Å²) in [6, 6.07) is 8.95. The first kappa shape index (κ1) is 13.3. The van der Waals surface area contributed by atoms with Crippen LogP contribution < -0.4 is 10.2 Å². The van der Waals surface area contributed by atoms with Gasteiger partial charge in [-0.1, -0.05) is 6.07 Å². The summed E-state index contributed by atoms with van der Waals surface area (Å²) in [4.78, 5) is 29.7. The number of fused-ring (bicyclic) bond motifs is 1. The Balaban J connectivity index is 1.91. The molecule has 1 aliphatic rings. The molecule has 1 N–H and O–H groups in total. The first-order valence-corrected chi connectivity index (χ1v) is 6.83. The average molecular weight is 281 g/mol. The molecule has 2 aromatic rings. The molecule has 5 nitrogen and oxygen atoms in total. The normalized spacial score (nSPS) is 12.7. The lowest BCUT2D eigenvalue weighted by atomic mass is 10.1. The maximum atomic E-state index is 12.7. The zero-order valence-corrected chi connectivity index (χ0v) is 11.7. The van der Waals surface area contributed by atoms with E-state index in [1.807, 2.05) is 13.0 Å². The van der Waals surface area contributed by atoms with Crippen LogP contribution in [-0.4, -0.2) is 23.3 Å². The quantitative estimate of drug-likeness (QED) is 0.938. The van der Waals surface area contributed by atoms with Gasteiger partial charge in [0.15, 0.2) is 0 Å². The van der Waals surface area contributed by atoms with Crippen molar-refractivity contribution < 1.29 is 9.59 Å². The van der Waals surface area contributed by atoms with Gasteiger partial charge in [-0.2, -0.15) is 0 Å². The van der Waals surface area contributed by atoms with Gasteiger partial charge in [-0.15, -0.1) is 0 Å². The molecule has 0 unspecified atom stereocenters. The standard InChI is InChI=1S/C16H15N3O2/c1-2-19(13-5-7-17-8-6-13)16(21)12-4-3-11-10-15(20)18-14(11)9-12/h3-9H,2,10H2,1H3,(H,18,20). The minimum atomic E-state index is -0.0901. The second kappa shape index (κ2) is 5.36. The van der Waals surface area contributed by atoms with Crippen LogP contribution in [0.3, 0.4) is 0 Å². The first-order valence-electron chi connectivity index (χ1n) is 6.83. The van der Waals surface area contributed by atoms with E-state index in [4.69, 9.17) is 0 Å². The minimum absolute atomic E-state index is 0.0314. The van der Waals surface area contributed by atoms with E-state index in [-0.39, 0.29) is 11.8 Å². The summed E-state index contributed by atoms with van der Waals surface area (Å²) in [7, 11) is 0. The Hall–Kier alpha value is -2.69. The van der Waals surface area contributed by atoms with Crippen LogP contribution in [0.4, 0.5) is 11.4 Å². The fourth-order valence-corrected chi connectivity index (χ4v) is 2.47. The van der Waals surface area contributed by atoms with Gasteiger partial charge in [-0.3, -0.25) is 14.6 Å². The SMILES string of the molecule is CCN(C(=O)c1ccc2c(c1)NC(=O)C2)c1ccncc1. The van der Waals surface area contributed by atoms with Crippen LogP contribution in [0.1, 0.15) is 22.8 Å². The maximum Gasteiger partial charge on any atom is 0.258 e. The van der Waals surface area contributed by atoms with Crippen LogP contribution in [0, 0.1) is 0 Å². The highest BCUT2D eigenvalue weighted by molar-refractivity contribution is 6.08. The fraction of sp³-hybridized carbons (Fsp3) is 0.188. The summed E-state index contributed by atoms with van der Waals surface area (Å²) >= 11 is 0. The van der Waals surface area contributed by atoms with Crippen molar-refractivity contribution in [1.82, 2.24) is 4.98 Å². The minimum Gasteiger partial charge on any atom is -0.326 e. The van der Waals surface area contributed by atoms with Crippen LogP contribution in [0.5, 0.6) is 0 Å². The number of hydrogen-bond acceptors (Lipinski definition) is 3. The highest BCUT2D eigenvalue weighted by Gasteiger charge is 2.21. The van der Waals surface area contributed by atoms with Gasteiger partial charge in [0.1, 0.15) is 0 Å². The van der Waals surface area contributed by atoms with Gasteiger partial charge in [0, 0.05) is 35.9 Å². The Morgan fingerprint density at radius 1 is 1.29 bits per heavy atom. The summed E-state index contributed by atoms with van der Waals surface area (Å²) in [6.07, 6.45) is 3.70. The number of hydrogen-bond donors (Lipinski definition) is 1. The predicted molar refractivity (Wildman–Crippen MR) is 80.4 cm³/mol. The molecule has 5 heteroatoms. The van der Waals surface area contributed by atoms with E-state index in [9.17, 15) is 9.59 Å². The van der Waals surface area contributed by atoms with E-state index >= 15 is 0 Å². The van der Waals surface area contributed by atoms with Crippen LogP contribution in [0.2, 0.25) is 0 Å². The molecule has 2 amide bonds. The Kier molecular flexibility index (Phi) is 3.39. The molecule has 21 heavy (non-hydrogen) atoms. The number of aromatic nitrogens is 1. The molecular formula is C16H15N3O2. The summed E-state index contributed by atoms with van der Waals surface area (Å²) < 4.78 is 0. The van der Waals surface area contributed by atoms with E-state index in [1.165, 1.54) is 0 Å². The van der Waals surface area contributed by atoms with Crippen molar-refractivity contribution in [2.24, 2.45) is 0 Å². The van der Waals surface area contributed by atoms with Crippen molar-refractivity contribution in [3.63, 3.8) is 0 Å². The molecule has 0 aliphatic carbocycles. The second-order valence-electron chi connectivity index (χ2n) is 4.85. The lowest BCUT2D eigenvalue weighted by Gasteiger charge is -2.21. The number of benzene rings is 1. The van der Waals surface area contributed by atoms with Gasteiger partial charge in [0.25, 0.3) is 5.91 Å². The highest BCUT2D eigenvalue weighted by Crippen LogP contribution is 2.25. The molecule has 1 aliphatic heterocycles. The van der Waals surface area contributed by atoms with E-state index < -0.39 is 0 Å². The van der Waals surface area contributed by atoms with Gasteiger partial charge in [-0.05, 0) is 36.8 Å². The largest absolute Gasteiger partial charge is 0.326 e. The van der Waals surface area contributed by atoms with E-state index in [2.05, 4.69) is 10.3 Å². The Bertz CT molecular complexity index is 698. The van der Waals surface area contributed by atoms with Gasteiger partial charge in [-0.25, -0.2) is 0 Å². The maximum absolute atomic E-state index is 12.7. The Labute approximate surface area is 122 Å². The molecule has 1 aromatic carbocycles. The van der Waals surface area contributed by atoms with Crippen LogP contribution in [0.25, 0.3) is 0 Å². The summed E-state index contributed by atoms with van der Waals surface area (Å²) in [5, 5.41) is 2.77. The number of nitrogens with one attached hydrogen (secondary N) is 1. The lowest BCUT2D eigenvalue weighted by Crippen LogP contribution is -2.30. The van der Waals surface area contributed by atoms with Crippen molar-refractivity contribution in [1.29, 1.82) is 0 Å². The molecule has 0 saturated carbocycles. The number of nitrogens with zero attached hydrogens (tertiary/aromatic N) is 2. The highest BCUT2D eigenvalue weighted by atomic mass is 16.2. The van der Waals surface area contributed by atoms with Crippen molar-refractivity contribution in [2.45, 2.75) is 13.3 Å².